The second kappa shape index (κ2) is 4.06. The van der Waals surface area contributed by atoms with E-state index in [0.717, 1.165) is 12.0 Å². The molecule has 0 aromatic rings. The first kappa shape index (κ1) is 11.4. The third kappa shape index (κ3) is 2.07. The molecule has 2 nitrogen and oxygen atoms in total. The van der Waals surface area contributed by atoms with Crippen LogP contribution in [0.25, 0.3) is 0 Å². The molecular formula is C13H26N2. The van der Waals surface area contributed by atoms with Crippen molar-refractivity contribution in [1.29, 1.82) is 0 Å². The SMILES string of the molecule is CCCCC(C)(C)N1C[C@H]2CC1CC2N. The summed E-state index contributed by atoms with van der Waals surface area (Å²) in [7, 11) is 0. The van der Waals surface area contributed by atoms with Crippen molar-refractivity contribution in [3.05, 3.63) is 0 Å². The summed E-state index contributed by atoms with van der Waals surface area (Å²) in [5, 5.41) is 0. The van der Waals surface area contributed by atoms with Gasteiger partial charge in [-0.3, -0.25) is 4.90 Å². The third-order valence-electron chi connectivity index (χ3n) is 4.52. The van der Waals surface area contributed by atoms with E-state index in [1.54, 1.807) is 0 Å². The predicted molar refractivity (Wildman–Crippen MR) is 64.8 cm³/mol. The van der Waals surface area contributed by atoms with E-state index in [1.165, 1.54) is 38.6 Å². The summed E-state index contributed by atoms with van der Waals surface area (Å²) in [6.45, 7) is 8.36. The van der Waals surface area contributed by atoms with Crippen LogP contribution in [0.2, 0.25) is 0 Å². The van der Waals surface area contributed by atoms with Crippen LogP contribution < -0.4 is 5.73 Å². The van der Waals surface area contributed by atoms with Gasteiger partial charge in [0.1, 0.15) is 0 Å². The maximum atomic E-state index is 6.10. The Labute approximate surface area is 94.2 Å². The zero-order valence-electron chi connectivity index (χ0n) is 10.5. The minimum Gasteiger partial charge on any atom is -0.327 e. The number of hydrogen-bond donors (Lipinski definition) is 1. The molecule has 2 bridgehead atoms. The molecular weight excluding hydrogens is 184 g/mol. The van der Waals surface area contributed by atoms with Crippen LogP contribution >= 0.6 is 0 Å². The molecule has 2 rings (SSSR count). The van der Waals surface area contributed by atoms with Gasteiger partial charge in [0.2, 0.25) is 0 Å². The van der Waals surface area contributed by atoms with E-state index in [4.69, 9.17) is 5.73 Å². The van der Waals surface area contributed by atoms with Crippen LogP contribution in [-0.4, -0.2) is 29.1 Å². The Hall–Kier alpha value is -0.0800. The molecule has 1 heterocycles. The lowest BCUT2D eigenvalue weighted by atomic mass is 9.92. The summed E-state index contributed by atoms with van der Waals surface area (Å²) in [6.07, 6.45) is 6.59. The molecule has 0 spiro atoms. The molecule has 1 aliphatic carbocycles. The summed E-state index contributed by atoms with van der Waals surface area (Å²) < 4.78 is 0. The quantitative estimate of drug-likeness (QED) is 0.772. The van der Waals surface area contributed by atoms with Gasteiger partial charge in [-0.1, -0.05) is 19.8 Å². The van der Waals surface area contributed by atoms with Crippen molar-refractivity contribution in [2.24, 2.45) is 11.7 Å². The Morgan fingerprint density at radius 2 is 2.07 bits per heavy atom. The Bertz CT molecular complexity index is 223. The molecule has 0 aromatic carbocycles. The van der Waals surface area contributed by atoms with Crippen LogP contribution in [0.1, 0.15) is 52.9 Å². The van der Waals surface area contributed by atoms with Crippen molar-refractivity contribution in [1.82, 2.24) is 4.90 Å². The van der Waals surface area contributed by atoms with E-state index < -0.39 is 0 Å². The Kier molecular flexibility index (Phi) is 3.09. The smallest absolute Gasteiger partial charge is 0.0156 e. The van der Waals surface area contributed by atoms with Crippen LogP contribution in [0.15, 0.2) is 0 Å². The fourth-order valence-electron chi connectivity index (χ4n) is 3.49. The highest BCUT2D eigenvalue weighted by Crippen LogP contribution is 2.41. The molecule has 2 fully saturated rings. The first-order chi connectivity index (χ1) is 7.04. The van der Waals surface area contributed by atoms with Crippen LogP contribution in [-0.2, 0) is 0 Å². The maximum absolute atomic E-state index is 6.10. The maximum Gasteiger partial charge on any atom is 0.0156 e. The highest BCUT2D eigenvalue weighted by Gasteiger charge is 2.47. The topological polar surface area (TPSA) is 29.3 Å². The predicted octanol–water partition coefficient (Wildman–Crippen LogP) is 2.38. The first-order valence-corrected chi connectivity index (χ1v) is 6.57. The van der Waals surface area contributed by atoms with Gasteiger partial charge in [-0.15, -0.1) is 0 Å². The lowest BCUT2D eigenvalue weighted by molar-refractivity contribution is 0.0686. The van der Waals surface area contributed by atoms with Crippen LogP contribution in [0, 0.1) is 5.92 Å². The number of nitrogens with two attached hydrogens (primary N) is 1. The van der Waals surface area contributed by atoms with Crippen molar-refractivity contribution < 1.29 is 0 Å². The largest absolute Gasteiger partial charge is 0.327 e. The van der Waals surface area contributed by atoms with E-state index in [1.807, 2.05) is 0 Å². The summed E-state index contributed by atoms with van der Waals surface area (Å²) in [5.41, 5.74) is 6.50. The third-order valence-corrected chi connectivity index (χ3v) is 4.52. The van der Waals surface area contributed by atoms with Crippen molar-refractivity contribution in [2.75, 3.05) is 6.54 Å². The molecule has 2 N–H and O–H groups in total. The van der Waals surface area contributed by atoms with Gasteiger partial charge >= 0.3 is 0 Å². The van der Waals surface area contributed by atoms with Crippen molar-refractivity contribution in [2.45, 2.75) is 70.5 Å². The minimum absolute atomic E-state index is 0.398. The lowest BCUT2D eigenvalue weighted by Crippen LogP contribution is -2.51. The van der Waals surface area contributed by atoms with Gasteiger partial charge in [0, 0.05) is 24.2 Å². The molecule has 3 atom stereocenters. The Balaban J connectivity index is 1.95. The summed E-state index contributed by atoms with van der Waals surface area (Å²) >= 11 is 0. The van der Waals surface area contributed by atoms with Gasteiger partial charge in [0.05, 0.1) is 0 Å². The zero-order chi connectivity index (χ0) is 11.1. The van der Waals surface area contributed by atoms with Crippen molar-refractivity contribution >= 4 is 0 Å². The van der Waals surface area contributed by atoms with Crippen LogP contribution in [0.4, 0.5) is 0 Å². The average Bonchev–Trinajstić information content (AvgIpc) is 2.73. The number of rotatable bonds is 4. The first-order valence-electron chi connectivity index (χ1n) is 6.57. The van der Waals surface area contributed by atoms with E-state index >= 15 is 0 Å². The Morgan fingerprint density at radius 3 is 2.53 bits per heavy atom. The standard InChI is InChI=1S/C13H26N2/c1-4-5-6-13(2,3)15-9-10-7-11(15)8-12(10)14/h10-12H,4-9,14H2,1-3H3/t10-,11?,12?/m1/s1. The fraction of sp³-hybridized carbons (Fsp3) is 1.00. The van der Waals surface area contributed by atoms with E-state index in [-0.39, 0.29) is 0 Å². The summed E-state index contributed by atoms with van der Waals surface area (Å²) in [6, 6.07) is 1.28. The number of piperidine rings is 1. The van der Waals surface area contributed by atoms with Gasteiger partial charge in [0.15, 0.2) is 0 Å². The molecule has 2 heteroatoms. The van der Waals surface area contributed by atoms with Crippen LogP contribution in [0.5, 0.6) is 0 Å². The van der Waals surface area contributed by atoms with Gasteiger partial charge in [-0.05, 0) is 39.0 Å². The molecule has 0 aromatic heterocycles. The second-order valence-corrected chi connectivity index (χ2v) is 6.12. The molecule has 2 unspecified atom stereocenters. The molecule has 88 valence electrons. The van der Waals surface area contributed by atoms with E-state index in [9.17, 15) is 0 Å². The molecule has 15 heavy (non-hydrogen) atoms. The minimum atomic E-state index is 0.398. The normalized spacial score (nSPS) is 36.4. The summed E-state index contributed by atoms with van der Waals surface area (Å²) in [5.74, 6) is 0.788. The van der Waals surface area contributed by atoms with Gasteiger partial charge < -0.3 is 5.73 Å². The Morgan fingerprint density at radius 1 is 1.33 bits per heavy atom. The highest BCUT2D eigenvalue weighted by atomic mass is 15.3. The van der Waals surface area contributed by atoms with Crippen molar-refractivity contribution in [3.8, 4) is 0 Å². The number of unbranched alkanes of at least 4 members (excludes halogenated alkanes) is 1. The fourth-order valence-corrected chi connectivity index (χ4v) is 3.49. The molecule has 2 aliphatic rings. The second-order valence-electron chi connectivity index (χ2n) is 6.12. The monoisotopic (exact) mass is 210 g/mol. The zero-order valence-corrected chi connectivity index (χ0v) is 10.5. The number of nitrogens with zero attached hydrogens (tertiary/aromatic N) is 1. The van der Waals surface area contributed by atoms with Gasteiger partial charge in [0.25, 0.3) is 0 Å². The number of hydrogen-bond acceptors (Lipinski definition) is 2. The van der Waals surface area contributed by atoms with E-state index in [0.29, 0.717) is 11.6 Å². The lowest BCUT2D eigenvalue weighted by Gasteiger charge is -2.42. The molecule has 0 amide bonds. The van der Waals surface area contributed by atoms with Crippen LogP contribution in [0.3, 0.4) is 0 Å². The average molecular weight is 210 g/mol. The van der Waals surface area contributed by atoms with Gasteiger partial charge in [-0.2, -0.15) is 0 Å². The van der Waals surface area contributed by atoms with E-state index in [2.05, 4.69) is 25.7 Å². The van der Waals surface area contributed by atoms with Crippen molar-refractivity contribution in [3.63, 3.8) is 0 Å². The molecule has 1 aliphatic heterocycles. The molecule has 1 saturated heterocycles. The number of likely N-dealkylation sites (tertiary alicyclic amines) is 1. The molecule has 0 radical (unpaired) electrons. The highest BCUT2D eigenvalue weighted by molar-refractivity contribution is 5.03. The van der Waals surface area contributed by atoms with Gasteiger partial charge in [-0.25, -0.2) is 0 Å². The molecule has 1 saturated carbocycles. The summed E-state index contributed by atoms with van der Waals surface area (Å²) in [4.78, 5) is 2.73. The number of fused-ring (bicyclic) bond motifs is 2.